The normalized spacial score (nSPS) is 11.7. The van der Waals surface area contributed by atoms with Crippen molar-refractivity contribution in [3.05, 3.63) is 35.4 Å². The molecule has 1 heteroatoms. The van der Waals surface area contributed by atoms with Crippen LogP contribution in [0.5, 0.6) is 0 Å². The van der Waals surface area contributed by atoms with Gasteiger partial charge >= 0.3 is 0 Å². The highest BCUT2D eigenvalue weighted by atomic mass is 79.9. The summed E-state index contributed by atoms with van der Waals surface area (Å²) in [6.07, 6.45) is 3.75. The Morgan fingerprint density at radius 1 is 1.29 bits per heavy atom. The van der Waals surface area contributed by atoms with Crippen LogP contribution in [0.15, 0.2) is 24.3 Å². The molecule has 0 saturated heterocycles. The summed E-state index contributed by atoms with van der Waals surface area (Å²) in [5, 5.41) is 0. The predicted octanol–water partition coefficient (Wildman–Crippen LogP) is 4.66. The van der Waals surface area contributed by atoms with Gasteiger partial charge in [0.05, 0.1) is 0 Å². The third kappa shape index (κ3) is 3.45. The highest BCUT2D eigenvalue weighted by Gasteiger charge is 2.15. The molecule has 0 atom stereocenters. The number of rotatable bonds is 4. The van der Waals surface area contributed by atoms with Crippen molar-refractivity contribution in [1.29, 1.82) is 0 Å². The Labute approximate surface area is 95.9 Å². The zero-order chi connectivity index (χ0) is 10.6. The van der Waals surface area contributed by atoms with Gasteiger partial charge in [0.15, 0.2) is 0 Å². The molecule has 0 heterocycles. The smallest absolute Gasteiger partial charge is 0.0449 e. The van der Waals surface area contributed by atoms with Crippen LogP contribution in [0.1, 0.15) is 44.7 Å². The third-order valence-corrected chi connectivity index (χ3v) is 2.89. The first-order chi connectivity index (χ1) is 6.54. The van der Waals surface area contributed by atoms with E-state index in [2.05, 4.69) is 61.0 Å². The Morgan fingerprint density at radius 3 is 2.57 bits per heavy atom. The Bertz CT molecular complexity index is 284. The van der Waals surface area contributed by atoms with Crippen molar-refractivity contribution < 1.29 is 0 Å². The van der Waals surface area contributed by atoms with Gasteiger partial charge in [-0.2, -0.15) is 0 Å². The Hall–Kier alpha value is -0.300. The first-order valence-corrected chi connectivity index (χ1v) is 6.11. The minimum Gasteiger partial charge on any atom is -0.0807 e. The molecule has 1 rings (SSSR count). The Kier molecular flexibility index (Phi) is 4.18. The number of unbranched alkanes of at least 4 members (excludes halogenated alkanes) is 1. The van der Waals surface area contributed by atoms with Crippen LogP contribution in [0.25, 0.3) is 0 Å². The second-order valence-corrected chi connectivity index (χ2v) is 6.26. The van der Waals surface area contributed by atoms with E-state index in [0.717, 1.165) is 0 Å². The molecule has 0 radical (unpaired) electrons. The molecule has 78 valence electrons. The van der Waals surface area contributed by atoms with Crippen LogP contribution in [-0.4, -0.2) is 0 Å². The molecule has 0 spiro atoms. The van der Waals surface area contributed by atoms with E-state index in [1.54, 1.807) is 0 Å². The SMILES string of the molecule is CCCCc1cccc(C(C)(C)Br)c1. The van der Waals surface area contributed by atoms with Crippen molar-refractivity contribution in [3.8, 4) is 0 Å². The summed E-state index contributed by atoms with van der Waals surface area (Å²) in [5.74, 6) is 0. The van der Waals surface area contributed by atoms with Crippen LogP contribution in [0.4, 0.5) is 0 Å². The Balaban J connectivity index is 2.79. The van der Waals surface area contributed by atoms with Gasteiger partial charge in [0.2, 0.25) is 0 Å². The molecule has 0 fully saturated rings. The minimum atomic E-state index is 0.0925. The van der Waals surface area contributed by atoms with E-state index in [0.29, 0.717) is 0 Å². The molecule has 0 amide bonds. The number of alkyl halides is 1. The van der Waals surface area contributed by atoms with E-state index in [9.17, 15) is 0 Å². The molecule has 0 saturated carbocycles. The lowest BCUT2D eigenvalue weighted by Crippen LogP contribution is -2.06. The average molecular weight is 255 g/mol. The molecule has 14 heavy (non-hydrogen) atoms. The second-order valence-electron chi connectivity index (χ2n) is 4.28. The summed E-state index contributed by atoms with van der Waals surface area (Å²) >= 11 is 3.69. The van der Waals surface area contributed by atoms with Gasteiger partial charge in [-0.3, -0.25) is 0 Å². The highest BCUT2D eigenvalue weighted by molar-refractivity contribution is 9.09. The Morgan fingerprint density at radius 2 is 2.00 bits per heavy atom. The second kappa shape index (κ2) is 4.97. The molecule has 1 aromatic carbocycles. The molecule has 1 aromatic rings. The summed E-state index contributed by atoms with van der Waals surface area (Å²) in [7, 11) is 0. The summed E-state index contributed by atoms with van der Waals surface area (Å²) < 4.78 is 0.0925. The molecule has 0 aromatic heterocycles. The fourth-order valence-electron chi connectivity index (χ4n) is 1.48. The maximum Gasteiger partial charge on any atom is 0.0449 e. The van der Waals surface area contributed by atoms with Crippen molar-refractivity contribution in [1.82, 2.24) is 0 Å². The molecular weight excluding hydrogens is 236 g/mol. The van der Waals surface area contributed by atoms with Crippen LogP contribution in [0.3, 0.4) is 0 Å². The minimum absolute atomic E-state index is 0.0925. The maximum atomic E-state index is 3.69. The van der Waals surface area contributed by atoms with E-state index >= 15 is 0 Å². The molecule has 0 nitrogen and oxygen atoms in total. The molecule has 0 N–H and O–H groups in total. The maximum absolute atomic E-state index is 3.69. The lowest BCUT2D eigenvalue weighted by atomic mass is 9.98. The van der Waals surface area contributed by atoms with Gasteiger partial charge in [-0.05, 0) is 37.8 Å². The van der Waals surface area contributed by atoms with E-state index in [1.165, 1.54) is 30.4 Å². The van der Waals surface area contributed by atoms with E-state index in [4.69, 9.17) is 0 Å². The van der Waals surface area contributed by atoms with Crippen molar-refractivity contribution >= 4 is 15.9 Å². The summed E-state index contributed by atoms with van der Waals surface area (Å²) in [6.45, 7) is 6.61. The quantitative estimate of drug-likeness (QED) is 0.686. The fraction of sp³-hybridized carbons (Fsp3) is 0.538. The zero-order valence-corrected chi connectivity index (χ0v) is 10.9. The molecule has 0 aliphatic carbocycles. The first-order valence-electron chi connectivity index (χ1n) is 5.32. The standard InChI is InChI=1S/C13H19Br/c1-4-5-7-11-8-6-9-12(10-11)13(2,3)14/h6,8-10H,4-5,7H2,1-3H3. The van der Waals surface area contributed by atoms with Crippen molar-refractivity contribution in [2.45, 2.75) is 44.4 Å². The number of halogens is 1. The van der Waals surface area contributed by atoms with Gasteiger partial charge < -0.3 is 0 Å². The lowest BCUT2D eigenvalue weighted by Gasteiger charge is -2.17. The van der Waals surface area contributed by atoms with Gasteiger partial charge in [0, 0.05) is 4.32 Å². The monoisotopic (exact) mass is 254 g/mol. The fourth-order valence-corrected chi connectivity index (χ4v) is 1.72. The van der Waals surface area contributed by atoms with Gasteiger partial charge in [0.1, 0.15) is 0 Å². The van der Waals surface area contributed by atoms with Gasteiger partial charge in [-0.15, -0.1) is 0 Å². The summed E-state index contributed by atoms with van der Waals surface area (Å²) in [4.78, 5) is 0. The summed E-state index contributed by atoms with van der Waals surface area (Å²) in [6, 6.07) is 8.87. The molecule has 0 unspecified atom stereocenters. The number of aryl methyl sites for hydroxylation is 1. The molecule has 0 aliphatic heterocycles. The predicted molar refractivity (Wildman–Crippen MR) is 67.0 cm³/mol. The topological polar surface area (TPSA) is 0 Å². The van der Waals surface area contributed by atoms with Gasteiger partial charge in [-0.25, -0.2) is 0 Å². The largest absolute Gasteiger partial charge is 0.0807 e. The number of benzene rings is 1. The molecule has 0 aliphatic rings. The van der Waals surface area contributed by atoms with E-state index in [-0.39, 0.29) is 4.32 Å². The van der Waals surface area contributed by atoms with Gasteiger partial charge in [0.25, 0.3) is 0 Å². The van der Waals surface area contributed by atoms with Crippen LogP contribution in [0.2, 0.25) is 0 Å². The molecule has 0 bridgehead atoms. The lowest BCUT2D eigenvalue weighted by molar-refractivity contribution is 0.777. The van der Waals surface area contributed by atoms with Crippen molar-refractivity contribution in [2.75, 3.05) is 0 Å². The third-order valence-electron chi connectivity index (χ3n) is 2.43. The van der Waals surface area contributed by atoms with Crippen LogP contribution in [-0.2, 0) is 10.7 Å². The zero-order valence-electron chi connectivity index (χ0n) is 9.31. The van der Waals surface area contributed by atoms with Crippen LogP contribution >= 0.6 is 15.9 Å². The summed E-state index contributed by atoms with van der Waals surface area (Å²) in [5.41, 5.74) is 2.82. The van der Waals surface area contributed by atoms with Crippen molar-refractivity contribution in [3.63, 3.8) is 0 Å². The first kappa shape index (κ1) is 11.8. The van der Waals surface area contributed by atoms with Crippen molar-refractivity contribution in [2.24, 2.45) is 0 Å². The highest BCUT2D eigenvalue weighted by Crippen LogP contribution is 2.30. The number of hydrogen-bond donors (Lipinski definition) is 0. The van der Waals surface area contributed by atoms with Crippen LogP contribution < -0.4 is 0 Å². The number of hydrogen-bond acceptors (Lipinski definition) is 0. The average Bonchev–Trinajstić information content (AvgIpc) is 2.14. The van der Waals surface area contributed by atoms with E-state index in [1.807, 2.05) is 0 Å². The van der Waals surface area contributed by atoms with Crippen LogP contribution in [0, 0.1) is 0 Å². The van der Waals surface area contributed by atoms with E-state index < -0.39 is 0 Å². The van der Waals surface area contributed by atoms with Gasteiger partial charge in [-0.1, -0.05) is 53.5 Å². The molecular formula is C13H19Br.